The summed E-state index contributed by atoms with van der Waals surface area (Å²) >= 11 is 0. The number of carbonyl (C=O) groups is 1. The number of nitrogens with one attached hydrogen (secondary N) is 1. The van der Waals surface area contributed by atoms with Crippen molar-refractivity contribution in [2.75, 3.05) is 32.9 Å². The Morgan fingerprint density at radius 3 is 2.52 bits per heavy atom. The Kier molecular flexibility index (Phi) is 7.22. The number of hydrogen-bond donors (Lipinski definition) is 1. The van der Waals surface area contributed by atoms with E-state index in [1.807, 2.05) is 6.92 Å². The Morgan fingerprint density at radius 1 is 1.28 bits per heavy atom. The number of hydrogen-bond acceptors (Lipinski definition) is 5. The van der Waals surface area contributed by atoms with Gasteiger partial charge in [-0.05, 0) is 37.6 Å². The van der Waals surface area contributed by atoms with Crippen LogP contribution in [-0.4, -0.2) is 57.6 Å². The number of carbonyl (C=O) groups excluding carboxylic acids is 1. The van der Waals surface area contributed by atoms with E-state index in [0.29, 0.717) is 32.1 Å². The third-order valence-corrected chi connectivity index (χ3v) is 5.84. The van der Waals surface area contributed by atoms with Crippen LogP contribution in [0.1, 0.15) is 26.7 Å². The van der Waals surface area contributed by atoms with Crippen LogP contribution in [0.2, 0.25) is 0 Å². The summed E-state index contributed by atoms with van der Waals surface area (Å²) in [6.07, 6.45) is 1.92. The highest BCUT2D eigenvalue weighted by atomic mass is 32.2. The van der Waals surface area contributed by atoms with Crippen molar-refractivity contribution in [3.8, 4) is 5.75 Å². The first-order valence-electron chi connectivity index (χ1n) is 8.53. The van der Waals surface area contributed by atoms with Gasteiger partial charge in [-0.15, -0.1) is 0 Å². The quantitative estimate of drug-likeness (QED) is 0.747. The second-order valence-electron chi connectivity index (χ2n) is 6.03. The van der Waals surface area contributed by atoms with Crippen LogP contribution in [0.25, 0.3) is 0 Å². The first-order chi connectivity index (χ1) is 11.9. The number of morpholine rings is 1. The van der Waals surface area contributed by atoms with E-state index in [1.54, 1.807) is 12.1 Å². The van der Waals surface area contributed by atoms with Gasteiger partial charge in [-0.3, -0.25) is 4.79 Å². The number of rotatable bonds is 8. The van der Waals surface area contributed by atoms with Crippen LogP contribution >= 0.6 is 0 Å². The molecule has 25 heavy (non-hydrogen) atoms. The Labute approximate surface area is 149 Å². The smallest absolute Gasteiger partial charge is 0.258 e. The molecule has 140 valence electrons. The van der Waals surface area contributed by atoms with Gasteiger partial charge in [0.1, 0.15) is 5.75 Å². The minimum atomic E-state index is -3.51. The number of ether oxygens (including phenoxy) is 2. The van der Waals surface area contributed by atoms with Crippen molar-refractivity contribution < 1.29 is 22.7 Å². The molecule has 1 heterocycles. The van der Waals surface area contributed by atoms with Gasteiger partial charge < -0.3 is 14.8 Å². The Bertz CT molecular complexity index is 654. The maximum atomic E-state index is 12.5. The number of benzene rings is 1. The molecule has 1 N–H and O–H groups in total. The van der Waals surface area contributed by atoms with Crippen molar-refractivity contribution in [2.24, 2.45) is 0 Å². The van der Waals surface area contributed by atoms with Crippen molar-refractivity contribution in [3.05, 3.63) is 24.3 Å². The molecule has 1 aromatic rings. The largest absolute Gasteiger partial charge is 0.484 e. The molecule has 0 unspecified atom stereocenters. The summed E-state index contributed by atoms with van der Waals surface area (Å²) in [4.78, 5) is 12.0. The average Bonchev–Trinajstić information content (AvgIpc) is 2.61. The van der Waals surface area contributed by atoms with E-state index in [0.717, 1.165) is 12.8 Å². The predicted molar refractivity (Wildman–Crippen MR) is 94.0 cm³/mol. The first kappa shape index (κ1) is 19.7. The number of nitrogens with zero attached hydrogens (tertiary/aromatic N) is 1. The summed E-state index contributed by atoms with van der Waals surface area (Å²) in [5.41, 5.74) is 0. The number of amides is 1. The van der Waals surface area contributed by atoms with Gasteiger partial charge in [0, 0.05) is 19.1 Å². The minimum absolute atomic E-state index is 0.0936. The molecule has 1 saturated heterocycles. The Hall–Kier alpha value is -1.64. The zero-order valence-corrected chi connectivity index (χ0v) is 15.5. The third kappa shape index (κ3) is 5.69. The second kappa shape index (κ2) is 9.17. The molecule has 0 saturated carbocycles. The van der Waals surface area contributed by atoms with E-state index in [1.165, 1.54) is 16.4 Å². The lowest BCUT2D eigenvalue weighted by molar-refractivity contribution is -0.123. The van der Waals surface area contributed by atoms with Gasteiger partial charge in [-0.2, -0.15) is 4.31 Å². The van der Waals surface area contributed by atoms with Crippen LogP contribution < -0.4 is 10.1 Å². The molecule has 1 aromatic carbocycles. The van der Waals surface area contributed by atoms with Gasteiger partial charge in [0.05, 0.1) is 18.1 Å². The zero-order valence-electron chi connectivity index (χ0n) is 14.7. The third-order valence-electron chi connectivity index (χ3n) is 3.93. The van der Waals surface area contributed by atoms with Crippen molar-refractivity contribution in [3.63, 3.8) is 0 Å². The van der Waals surface area contributed by atoms with Crippen molar-refractivity contribution >= 4 is 15.9 Å². The van der Waals surface area contributed by atoms with E-state index in [2.05, 4.69) is 12.2 Å². The van der Waals surface area contributed by atoms with Crippen molar-refractivity contribution in [1.82, 2.24) is 9.62 Å². The van der Waals surface area contributed by atoms with E-state index >= 15 is 0 Å². The van der Waals surface area contributed by atoms with E-state index in [-0.39, 0.29) is 23.5 Å². The van der Waals surface area contributed by atoms with Gasteiger partial charge >= 0.3 is 0 Å². The van der Waals surface area contributed by atoms with Crippen molar-refractivity contribution in [1.29, 1.82) is 0 Å². The van der Waals surface area contributed by atoms with Gasteiger partial charge in [0.15, 0.2) is 6.61 Å². The molecule has 0 aliphatic carbocycles. The van der Waals surface area contributed by atoms with Crippen LogP contribution in [0.15, 0.2) is 29.2 Å². The molecule has 1 atom stereocenters. The van der Waals surface area contributed by atoms with Gasteiger partial charge in [-0.25, -0.2) is 8.42 Å². The summed E-state index contributed by atoms with van der Waals surface area (Å²) in [6.45, 7) is 5.45. The standard InChI is InChI=1S/C17H26N2O5S/c1-3-4-14(2)18-17(20)13-24-15-5-7-16(8-6-15)25(21,22)19-9-11-23-12-10-19/h5-8,14H,3-4,9-13H2,1-2H3,(H,18,20)/t14-/m0/s1. The fraction of sp³-hybridized carbons (Fsp3) is 0.588. The molecular formula is C17H26N2O5S. The van der Waals surface area contributed by atoms with E-state index in [4.69, 9.17) is 9.47 Å². The van der Waals surface area contributed by atoms with Gasteiger partial charge in [0.25, 0.3) is 5.91 Å². The lowest BCUT2D eigenvalue weighted by atomic mass is 10.2. The molecule has 0 aromatic heterocycles. The molecule has 1 amide bonds. The lowest BCUT2D eigenvalue weighted by Crippen LogP contribution is -2.40. The van der Waals surface area contributed by atoms with Crippen molar-refractivity contribution in [2.45, 2.75) is 37.6 Å². The molecule has 2 rings (SSSR count). The normalized spacial score (nSPS) is 17.0. The molecule has 1 aliphatic heterocycles. The van der Waals surface area contributed by atoms with Crippen LogP contribution in [-0.2, 0) is 19.6 Å². The molecule has 1 aliphatic rings. The molecule has 7 nitrogen and oxygen atoms in total. The maximum Gasteiger partial charge on any atom is 0.258 e. The SMILES string of the molecule is CCC[C@H](C)NC(=O)COc1ccc(S(=O)(=O)N2CCOCC2)cc1. The Morgan fingerprint density at radius 2 is 1.92 bits per heavy atom. The molecule has 0 bridgehead atoms. The van der Waals surface area contributed by atoms with Crippen LogP contribution in [0.3, 0.4) is 0 Å². The molecular weight excluding hydrogens is 344 g/mol. The minimum Gasteiger partial charge on any atom is -0.484 e. The molecule has 1 fully saturated rings. The van der Waals surface area contributed by atoms with Crippen LogP contribution in [0.5, 0.6) is 5.75 Å². The lowest BCUT2D eigenvalue weighted by Gasteiger charge is -2.26. The first-order valence-corrected chi connectivity index (χ1v) is 9.97. The summed E-state index contributed by atoms with van der Waals surface area (Å²) in [7, 11) is -3.51. The fourth-order valence-electron chi connectivity index (χ4n) is 2.61. The highest BCUT2D eigenvalue weighted by molar-refractivity contribution is 7.89. The molecule has 0 radical (unpaired) electrons. The fourth-order valence-corrected chi connectivity index (χ4v) is 4.02. The zero-order chi connectivity index (χ0) is 18.3. The van der Waals surface area contributed by atoms with E-state index < -0.39 is 10.0 Å². The highest BCUT2D eigenvalue weighted by Crippen LogP contribution is 2.20. The average molecular weight is 370 g/mol. The monoisotopic (exact) mass is 370 g/mol. The number of sulfonamides is 1. The molecule has 0 spiro atoms. The summed E-state index contributed by atoms with van der Waals surface area (Å²) in [5, 5.41) is 2.85. The summed E-state index contributed by atoms with van der Waals surface area (Å²) < 4.78 is 37.0. The molecule has 8 heteroatoms. The summed E-state index contributed by atoms with van der Waals surface area (Å²) in [6, 6.07) is 6.24. The second-order valence-corrected chi connectivity index (χ2v) is 7.97. The maximum absolute atomic E-state index is 12.5. The van der Waals surface area contributed by atoms with Gasteiger partial charge in [0.2, 0.25) is 10.0 Å². The van der Waals surface area contributed by atoms with Gasteiger partial charge in [-0.1, -0.05) is 13.3 Å². The Balaban J connectivity index is 1.90. The van der Waals surface area contributed by atoms with E-state index in [9.17, 15) is 13.2 Å². The highest BCUT2D eigenvalue weighted by Gasteiger charge is 2.26. The van der Waals surface area contributed by atoms with Crippen LogP contribution in [0.4, 0.5) is 0 Å². The predicted octanol–water partition coefficient (Wildman–Crippen LogP) is 1.39. The van der Waals surface area contributed by atoms with Crippen LogP contribution in [0, 0.1) is 0 Å². The topological polar surface area (TPSA) is 84.9 Å². The summed E-state index contributed by atoms with van der Waals surface area (Å²) in [5.74, 6) is 0.269.